The topological polar surface area (TPSA) is 106 Å². The van der Waals surface area contributed by atoms with Gasteiger partial charge < -0.3 is 14.7 Å². The van der Waals surface area contributed by atoms with E-state index in [9.17, 15) is 14.9 Å². The number of hydrogen-bond donors (Lipinski definition) is 1. The molecule has 116 valence electrons. The molecular formula is C13H19N3O5. The summed E-state index contributed by atoms with van der Waals surface area (Å²) in [5.41, 5.74) is -0.179. The lowest BCUT2D eigenvalue weighted by Gasteiger charge is -2.27. The average Bonchev–Trinajstić information content (AvgIpc) is 2.46. The van der Waals surface area contributed by atoms with Crippen molar-refractivity contribution in [2.45, 2.75) is 26.3 Å². The molecule has 0 saturated heterocycles. The van der Waals surface area contributed by atoms with Gasteiger partial charge in [0, 0.05) is 25.3 Å². The summed E-state index contributed by atoms with van der Waals surface area (Å²) in [5, 5.41) is 20.1. The maximum Gasteiger partial charge on any atom is 0.356 e. The Bertz CT molecular complexity index is 519. The summed E-state index contributed by atoms with van der Waals surface area (Å²) in [6.45, 7) is 4.07. The second kappa shape index (κ2) is 7.53. The number of methoxy groups -OCH3 is 1. The molecule has 0 fully saturated rings. The molecule has 0 radical (unpaired) electrons. The van der Waals surface area contributed by atoms with Crippen molar-refractivity contribution in [1.82, 2.24) is 4.98 Å². The summed E-state index contributed by atoms with van der Waals surface area (Å²) in [5.74, 6) is -0.552. The van der Waals surface area contributed by atoms with Crippen LogP contribution >= 0.6 is 0 Å². The fraction of sp³-hybridized carbons (Fsp3) is 0.538. The molecule has 0 bridgehead atoms. The molecule has 8 nitrogen and oxygen atoms in total. The van der Waals surface area contributed by atoms with Crippen LogP contribution in [0, 0.1) is 10.1 Å². The number of pyridine rings is 1. The molecule has 0 unspecified atom stereocenters. The van der Waals surface area contributed by atoms with Crippen LogP contribution in [0.25, 0.3) is 0 Å². The average molecular weight is 297 g/mol. The predicted molar refractivity (Wildman–Crippen MR) is 76.4 cm³/mol. The van der Waals surface area contributed by atoms with Gasteiger partial charge in [-0.2, -0.15) is 0 Å². The van der Waals surface area contributed by atoms with E-state index in [-0.39, 0.29) is 29.8 Å². The number of aliphatic hydroxyl groups excluding tert-OH is 1. The van der Waals surface area contributed by atoms with Crippen LogP contribution < -0.4 is 4.90 Å². The van der Waals surface area contributed by atoms with E-state index in [4.69, 9.17) is 5.11 Å². The van der Waals surface area contributed by atoms with Crippen LogP contribution in [0.3, 0.4) is 0 Å². The van der Waals surface area contributed by atoms with E-state index in [1.807, 2.05) is 13.8 Å². The molecule has 0 saturated carbocycles. The van der Waals surface area contributed by atoms with Gasteiger partial charge in [-0.25, -0.2) is 9.78 Å². The van der Waals surface area contributed by atoms with E-state index >= 15 is 0 Å². The summed E-state index contributed by atoms with van der Waals surface area (Å²) in [6, 6.07) is 2.43. The maximum atomic E-state index is 11.5. The molecule has 1 aromatic rings. The molecule has 8 heteroatoms. The Labute approximate surface area is 122 Å². The number of carbonyl (C=O) groups is 1. The zero-order valence-corrected chi connectivity index (χ0v) is 12.3. The summed E-state index contributed by atoms with van der Waals surface area (Å²) in [6.07, 6.45) is 0.444. The summed E-state index contributed by atoms with van der Waals surface area (Å²) >= 11 is 0. The van der Waals surface area contributed by atoms with Crippen molar-refractivity contribution in [2.24, 2.45) is 0 Å². The van der Waals surface area contributed by atoms with Gasteiger partial charge in [-0.15, -0.1) is 0 Å². The van der Waals surface area contributed by atoms with E-state index in [1.54, 1.807) is 4.90 Å². The highest BCUT2D eigenvalue weighted by Crippen LogP contribution is 2.28. The molecule has 1 heterocycles. The predicted octanol–water partition coefficient (Wildman–Crippen LogP) is 1.37. The lowest BCUT2D eigenvalue weighted by Crippen LogP contribution is -2.34. The lowest BCUT2D eigenvalue weighted by atomic mass is 10.2. The summed E-state index contributed by atoms with van der Waals surface area (Å²) < 4.78 is 4.58. The first kappa shape index (κ1) is 16.8. The monoisotopic (exact) mass is 297 g/mol. The SMILES string of the molecule is COC(=O)c1ccc([N+](=O)[O-])c(N(CCCO)C(C)C)n1. The van der Waals surface area contributed by atoms with Gasteiger partial charge in [-0.3, -0.25) is 10.1 Å². The van der Waals surface area contributed by atoms with E-state index < -0.39 is 10.9 Å². The van der Waals surface area contributed by atoms with Crippen molar-refractivity contribution in [2.75, 3.05) is 25.2 Å². The molecule has 0 amide bonds. The lowest BCUT2D eigenvalue weighted by molar-refractivity contribution is -0.384. The van der Waals surface area contributed by atoms with Crippen LogP contribution in [0.4, 0.5) is 11.5 Å². The molecular weight excluding hydrogens is 278 g/mol. The number of rotatable bonds is 7. The van der Waals surface area contributed by atoms with Crippen LogP contribution in [0.5, 0.6) is 0 Å². The number of esters is 1. The molecule has 0 aliphatic carbocycles. The first-order valence-corrected chi connectivity index (χ1v) is 6.53. The van der Waals surface area contributed by atoms with Gasteiger partial charge in [0.05, 0.1) is 12.0 Å². The number of hydrogen-bond acceptors (Lipinski definition) is 7. The number of ether oxygens (including phenoxy) is 1. The number of nitrogens with zero attached hydrogens (tertiary/aromatic N) is 3. The van der Waals surface area contributed by atoms with Crippen LogP contribution in [-0.2, 0) is 4.74 Å². The molecule has 0 aliphatic rings. The standard InChI is InChI=1S/C13H19N3O5/c1-9(2)15(7-4-8-17)12-11(16(19)20)6-5-10(14-12)13(18)21-3/h5-6,9,17H,4,7-8H2,1-3H3. The summed E-state index contributed by atoms with van der Waals surface area (Å²) in [7, 11) is 1.22. The largest absolute Gasteiger partial charge is 0.464 e. The van der Waals surface area contributed by atoms with Crippen molar-refractivity contribution in [3.05, 3.63) is 27.9 Å². The van der Waals surface area contributed by atoms with Gasteiger partial charge in [0.25, 0.3) is 0 Å². The number of aromatic nitrogens is 1. The smallest absolute Gasteiger partial charge is 0.356 e. The van der Waals surface area contributed by atoms with E-state index in [0.717, 1.165) is 0 Å². The fourth-order valence-electron chi connectivity index (χ4n) is 1.86. The first-order chi connectivity index (χ1) is 9.92. The van der Waals surface area contributed by atoms with Crippen LogP contribution in [0.2, 0.25) is 0 Å². The van der Waals surface area contributed by atoms with Crippen molar-refractivity contribution in [1.29, 1.82) is 0 Å². The van der Waals surface area contributed by atoms with Crippen LogP contribution in [0.1, 0.15) is 30.8 Å². The zero-order chi connectivity index (χ0) is 16.0. The Morgan fingerprint density at radius 2 is 2.19 bits per heavy atom. The highest BCUT2D eigenvalue weighted by atomic mass is 16.6. The molecule has 21 heavy (non-hydrogen) atoms. The van der Waals surface area contributed by atoms with Crippen molar-refractivity contribution in [3.8, 4) is 0 Å². The normalized spacial score (nSPS) is 10.5. The number of carbonyl (C=O) groups excluding carboxylic acids is 1. The quantitative estimate of drug-likeness (QED) is 0.460. The minimum absolute atomic E-state index is 0.00717. The Hall–Kier alpha value is -2.22. The highest BCUT2D eigenvalue weighted by Gasteiger charge is 2.25. The van der Waals surface area contributed by atoms with Gasteiger partial charge >= 0.3 is 11.7 Å². The molecule has 0 aromatic carbocycles. The third-order valence-electron chi connectivity index (χ3n) is 2.90. The van der Waals surface area contributed by atoms with Crippen LogP contribution in [-0.4, -0.2) is 47.3 Å². The van der Waals surface area contributed by atoms with E-state index in [0.29, 0.717) is 13.0 Å². The molecule has 1 rings (SSSR count). The van der Waals surface area contributed by atoms with Crippen LogP contribution in [0.15, 0.2) is 12.1 Å². The second-order valence-electron chi connectivity index (χ2n) is 4.65. The Morgan fingerprint density at radius 1 is 1.52 bits per heavy atom. The number of aliphatic hydroxyl groups is 1. The molecule has 0 aliphatic heterocycles. The maximum absolute atomic E-state index is 11.5. The van der Waals surface area contributed by atoms with Crippen molar-refractivity contribution in [3.63, 3.8) is 0 Å². The van der Waals surface area contributed by atoms with Gasteiger partial charge in [-0.1, -0.05) is 0 Å². The Morgan fingerprint density at radius 3 is 2.67 bits per heavy atom. The van der Waals surface area contributed by atoms with Crippen molar-refractivity contribution < 1.29 is 19.6 Å². The second-order valence-corrected chi connectivity index (χ2v) is 4.65. The first-order valence-electron chi connectivity index (χ1n) is 6.53. The Balaban J connectivity index is 3.31. The van der Waals surface area contributed by atoms with E-state index in [2.05, 4.69) is 9.72 Å². The van der Waals surface area contributed by atoms with Crippen molar-refractivity contribution >= 4 is 17.5 Å². The Kier molecular flexibility index (Phi) is 6.04. The number of nitro groups is 1. The zero-order valence-electron chi connectivity index (χ0n) is 12.3. The highest BCUT2D eigenvalue weighted by molar-refractivity contribution is 5.88. The molecule has 0 spiro atoms. The van der Waals surface area contributed by atoms with Gasteiger partial charge in [0.15, 0.2) is 5.69 Å². The number of anilines is 1. The van der Waals surface area contributed by atoms with Gasteiger partial charge in [-0.05, 0) is 26.3 Å². The fourth-order valence-corrected chi connectivity index (χ4v) is 1.86. The van der Waals surface area contributed by atoms with Gasteiger partial charge in [0.1, 0.15) is 0 Å². The third kappa shape index (κ3) is 4.12. The summed E-state index contributed by atoms with van der Waals surface area (Å²) in [4.78, 5) is 27.9. The molecule has 0 atom stereocenters. The van der Waals surface area contributed by atoms with Gasteiger partial charge in [0.2, 0.25) is 5.82 Å². The molecule has 1 aromatic heterocycles. The van der Waals surface area contributed by atoms with E-state index in [1.165, 1.54) is 19.2 Å². The third-order valence-corrected chi connectivity index (χ3v) is 2.90. The molecule has 1 N–H and O–H groups in total. The minimum Gasteiger partial charge on any atom is -0.464 e. The minimum atomic E-state index is -0.656.